The fraction of sp³-hybridized carbons (Fsp3) is 0.450. The van der Waals surface area contributed by atoms with Crippen LogP contribution in [0.4, 0.5) is 5.69 Å². The highest BCUT2D eigenvalue weighted by molar-refractivity contribution is 5.94. The number of rotatable bonds is 3. The molecule has 0 spiro atoms. The van der Waals surface area contributed by atoms with Gasteiger partial charge in [0.05, 0.1) is 5.69 Å². The maximum Gasteiger partial charge on any atom is 0.246 e. The Kier molecular flexibility index (Phi) is 6.46. The van der Waals surface area contributed by atoms with Gasteiger partial charge in [0, 0.05) is 32.3 Å². The molecular weight excluding hydrogens is 340 g/mol. The van der Waals surface area contributed by atoms with Crippen molar-refractivity contribution in [1.82, 2.24) is 9.80 Å². The molecular formula is C20H28N6O. The predicted octanol–water partition coefficient (Wildman–Crippen LogP) is 2.07. The zero-order valence-electron chi connectivity index (χ0n) is 15.7. The van der Waals surface area contributed by atoms with Crippen molar-refractivity contribution < 1.29 is 4.79 Å². The summed E-state index contributed by atoms with van der Waals surface area (Å²) >= 11 is 0. The Balaban J connectivity index is 1.58. The minimum Gasteiger partial charge on any atom is -0.369 e. The van der Waals surface area contributed by atoms with Gasteiger partial charge in [-0.25, -0.2) is 4.99 Å². The van der Waals surface area contributed by atoms with Crippen molar-refractivity contribution in [3.05, 3.63) is 35.9 Å². The van der Waals surface area contributed by atoms with Crippen LogP contribution in [0.3, 0.4) is 0 Å². The highest BCUT2D eigenvalue weighted by Crippen LogP contribution is 2.15. The summed E-state index contributed by atoms with van der Waals surface area (Å²) in [6, 6.07) is 7.50. The number of carbonyl (C=O) groups excluding carboxylic acids is 1. The summed E-state index contributed by atoms with van der Waals surface area (Å²) in [5.41, 5.74) is 13.5. The van der Waals surface area contributed by atoms with Crippen LogP contribution in [0.5, 0.6) is 0 Å². The Bertz CT molecular complexity index is 725. The first-order valence-corrected chi connectivity index (χ1v) is 9.62. The number of benzene rings is 1. The summed E-state index contributed by atoms with van der Waals surface area (Å²) in [6.07, 6.45) is 9.13. The fourth-order valence-electron chi connectivity index (χ4n) is 3.34. The van der Waals surface area contributed by atoms with Gasteiger partial charge in [-0.1, -0.05) is 12.1 Å². The van der Waals surface area contributed by atoms with Crippen molar-refractivity contribution in [2.45, 2.75) is 32.1 Å². The monoisotopic (exact) mass is 368 g/mol. The molecule has 7 heteroatoms. The summed E-state index contributed by atoms with van der Waals surface area (Å²) in [7, 11) is 0. The number of nitrogens with zero attached hydrogens (tertiary/aromatic N) is 4. The highest BCUT2D eigenvalue weighted by atomic mass is 16.2. The fourth-order valence-corrected chi connectivity index (χ4v) is 3.34. The molecule has 7 nitrogen and oxygen atoms in total. The van der Waals surface area contributed by atoms with Crippen LogP contribution in [-0.4, -0.2) is 53.8 Å². The van der Waals surface area contributed by atoms with Crippen LogP contribution >= 0.6 is 0 Å². The summed E-state index contributed by atoms with van der Waals surface area (Å²) < 4.78 is 0. The Morgan fingerprint density at radius 2 is 1.48 bits per heavy atom. The molecule has 0 atom stereocenters. The van der Waals surface area contributed by atoms with Crippen molar-refractivity contribution >= 4 is 29.6 Å². The zero-order valence-corrected chi connectivity index (χ0v) is 15.7. The lowest BCUT2D eigenvalue weighted by Crippen LogP contribution is -2.36. The van der Waals surface area contributed by atoms with E-state index in [9.17, 15) is 4.79 Å². The second-order valence-corrected chi connectivity index (χ2v) is 6.94. The van der Waals surface area contributed by atoms with Crippen molar-refractivity contribution in [3.63, 3.8) is 0 Å². The standard InChI is InChI=1S/C20H28N6O/c21-19(24-20(22)26-14-4-5-15-26)23-17-9-6-16(7-10-17)8-11-18(27)25-12-2-1-3-13-25/h6-11H,1-5,12-15H2,(H4,21,22,23,24). The molecule has 3 rings (SSSR count). The van der Waals surface area contributed by atoms with Crippen molar-refractivity contribution in [2.24, 2.45) is 21.5 Å². The molecule has 1 aromatic carbocycles. The molecule has 0 aromatic heterocycles. The predicted molar refractivity (Wildman–Crippen MR) is 110 cm³/mol. The topological polar surface area (TPSA) is 100 Å². The molecule has 4 N–H and O–H groups in total. The number of guanidine groups is 2. The van der Waals surface area contributed by atoms with E-state index in [-0.39, 0.29) is 11.9 Å². The number of nitrogens with two attached hydrogens (primary N) is 2. The van der Waals surface area contributed by atoms with E-state index in [1.807, 2.05) is 40.1 Å². The summed E-state index contributed by atoms with van der Waals surface area (Å²) in [4.78, 5) is 24.5. The van der Waals surface area contributed by atoms with Crippen molar-refractivity contribution in [3.8, 4) is 0 Å². The van der Waals surface area contributed by atoms with Crippen LogP contribution in [0.1, 0.15) is 37.7 Å². The normalized spacial score (nSPS) is 19.1. The lowest BCUT2D eigenvalue weighted by molar-refractivity contribution is -0.126. The van der Waals surface area contributed by atoms with Crippen LogP contribution < -0.4 is 11.5 Å². The highest BCUT2D eigenvalue weighted by Gasteiger charge is 2.14. The van der Waals surface area contributed by atoms with Gasteiger partial charge in [0.2, 0.25) is 11.9 Å². The van der Waals surface area contributed by atoms with Crippen LogP contribution in [0.25, 0.3) is 6.08 Å². The number of hydrogen-bond donors (Lipinski definition) is 2. The molecule has 2 saturated heterocycles. The van der Waals surface area contributed by atoms with Gasteiger partial charge in [-0.2, -0.15) is 4.99 Å². The SMILES string of the molecule is NC(=Nc1ccc(C=CC(=O)N2CCCCC2)cc1)N=C(N)N1CCCC1. The van der Waals surface area contributed by atoms with E-state index in [1.165, 1.54) is 6.42 Å². The van der Waals surface area contributed by atoms with E-state index < -0.39 is 0 Å². The second-order valence-electron chi connectivity index (χ2n) is 6.94. The zero-order chi connectivity index (χ0) is 19.1. The quantitative estimate of drug-likeness (QED) is 0.484. The van der Waals surface area contributed by atoms with Gasteiger partial charge in [0.15, 0.2) is 5.96 Å². The number of amides is 1. The number of aliphatic imine (C=N–C) groups is 2. The number of likely N-dealkylation sites (tertiary alicyclic amines) is 2. The van der Waals surface area contributed by atoms with E-state index in [0.29, 0.717) is 11.6 Å². The minimum atomic E-state index is 0.0766. The molecule has 2 heterocycles. The van der Waals surface area contributed by atoms with Gasteiger partial charge in [0.25, 0.3) is 0 Å². The van der Waals surface area contributed by atoms with Crippen molar-refractivity contribution in [2.75, 3.05) is 26.2 Å². The largest absolute Gasteiger partial charge is 0.369 e. The Labute approximate surface area is 160 Å². The van der Waals surface area contributed by atoms with Crippen LogP contribution in [0, 0.1) is 0 Å². The van der Waals surface area contributed by atoms with Gasteiger partial charge in [0.1, 0.15) is 0 Å². The maximum absolute atomic E-state index is 12.2. The van der Waals surface area contributed by atoms with E-state index >= 15 is 0 Å². The molecule has 0 radical (unpaired) electrons. The van der Waals surface area contributed by atoms with Gasteiger partial charge in [-0.05, 0) is 55.9 Å². The van der Waals surface area contributed by atoms with E-state index in [0.717, 1.165) is 57.4 Å². The summed E-state index contributed by atoms with van der Waals surface area (Å²) in [5.74, 6) is 0.639. The summed E-state index contributed by atoms with van der Waals surface area (Å²) in [5, 5.41) is 0. The molecule has 0 saturated carbocycles. The van der Waals surface area contributed by atoms with E-state index in [4.69, 9.17) is 11.5 Å². The molecule has 0 aliphatic carbocycles. The smallest absolute Gasteiger partial charge is 0.246 e. The first-order chi connectivity index (χ1) is 13.1. The number of piperidine rings is 1. The maximum atomic E-state index is 12.2. The van der Waals surface area contributed by atoms with Gasteiger partial charge in [-0.3, -0.25) is 4.79 Å². The molecule has 1 aromatic rings. The first-order valence-electron chi connectivity index (χ1n) is 9.62. The van der Waals surface area contributed by atoms with Gasteiger partial charge >= 0.3 is 0 Å². The average Bonchev–Trinajstić information content (AvgIpc) is 3.23. The molecule has 2 aliphatic rings. The lowest BCUT2D eigenvalue weighted by atomic mass is 10.1. The Hall–Kier alpha value is -2.83. The molecule has 2 fully saturated rings. The van der Waals surface area contributed by atoms with Crippen LogP contribution in [-0.2, 0) is 4.79 Å². The molecule has 0 unspecified atom stereocenters. The second kappa shape index (κ2) is 9.21. The minimum absolute atomic E-state index is 0.0766. The van der Waals surface area contributed by atoms with Crippen LogP contribution in [0.15, 0.2) is 40.3 Å². The van der Waals surface area contributed by atoms with E-state index in [2.05, 4.69) is 9.98 Å². The number of hydrogen-bond acceptors (Lipinski definition) is 2. The van der Waals surface area contributed by atoms with Crippen molar-refractivity contribution in [1.29, 1.82) is 0 Å². The van der Waals surface area contributed by atoms with Crippen LogP contribution in [0.2, 0.25) is 0 Å². The summed E-state index contributed by atoms with van der Waals surface area (Å²) in [6.45, 7) is 3.55. The third-order valence-electron chi connectivity index (χ3n) is 4.88. The van der Waals surface area contributed by atoms with Gasteiger partial charge in [-0.15, -0.1) is 0 Å². The molecule has 27 heavy (non-hydrogen) atoms. The average molecular weight is 368 g/mol. The Morgan fingerprint density at radius 1 is 0.889 bits per heavy atom. The van der Waals surface area contributed by atoms with Gasteiger partial charge < -0.3 is 21.3 Å². The first kappa shape index (κ1) is 18.9. The Morgan fingerprint density at radius 3 is 2.15 bits per heavy atom. The molecule has 2 aliphatic heterocycles. The molecule has 144 valence electrons. The molecule has 0 bridgehead atoms. The van der Waals surface area contributed by atoms with E-state index in [1.54, 1.807) is 6.08 Å². The lowest BCUT2D eigenvalue weighted by Gasteiger charge is -2.25. The molecule has 1 amide bonds. The number of carbonyl (C=O) groups is 1. The third-order valence-corrected chi connectivity index (χ3v) is 4.88. The third kappa shape index (κ3) is 5.57.